The largest absolute Gasteiger partial charge is 0.355 e. The molecule has 102 valence electrons. The summed E-state index contributed by atoms with van der Waals surface area (Å²) in [6.07, 6.45) is 0. The molecular weight excluding hydrogens is 258 g/mol. The molecule has 0 aliphatic heterocycles. The van der Waals surface area contributed by atoms with Crippen molar-refractivity contribution in [2.75, 3.05) is 6.54 Å². The lowest BCUT2D eigenvalue weighted by Gasteiger charge is -2.09. The molecule has 1 amide bonds. The van der Waals surface area contributed by atoms with Gasteiger partial charge >= 0.3 is 0 Å². The van der Waals surface area contributed by atoms with Crippen LogP contribution in [0.3, 0.4) is 0 Å². The predicted molar refractivity (Wildman–Crippen MR) is 78.4 cm³/mol. The van der Waals surface area contributed by atoms with Crippen molar-refractivity contribution in [3.63, 3.8) is 0 Å². The van der Waals surface area contributed by atoms with Crippen LogP contribution >= 0.6 is 11.3 Å². The molecule has 0 fully saturated rings. The minimum absolute atomic E-state index is 0.0466. The van der Waals surface area contributed by atoms with E-state index in [1.54, 1.807) is 11.3 Å². The van der Waals surface area contributed by atoms with Crippen molar-refractivity contribution >= 4 is 17.2 Å². The highest BCUT2D eigenvalue weighted by atomic mass is 32.1. The average Bonchev–Trinajstić information content (AvgIpc) is 2.88. The summed E-state index contributed by atoms with van der Waals surface area (Å²) in [7, 11) is 0. The molecular formula is C14H19N3OS. The van der Waals surface area contributed by atoms with E-state index in [0.29, 0.717) is 13.1 Å². The van der Waals surface area contributed by atoms with Gasteiger partial charge in [0.2, 0.25) is 5.91 Å². The lowest BCUT2D eigenvalue weighted by atomic mass is 10.2. The fraction of sp³-hybridized carbons (Fsp3) is 0.429. The topological polar surface area (TPSA) is 46.9 Å². The van der Waals surface area contributed by atoms with E-state index >= 15 is 0 Å². The zero-order valence-electron chi connectivity index (χ0n) is 11.8. The van der Waals surface area contributed by atoms with Crippen molar-refractivity contribution in [3.05, 3.63) is 27.8 Å². The summed E-state index contributed by atoms with van der Waals surface area (Å²) in [5, 5.41) is 5.95. The molecule has 1 N–H and O–H groups in total. The van der Waals surface area contributed by atoms with Crippen molar-refractivity contribution in [1.82, 2.24) is 14.9 Å². The highest BCUT2D eigenvalue weighted by Gasteiger charge is 2.14. The summed E-state index contributed by atoms with van der Waals surface area (Å²) >= 11 is 1.65. The summed E-state index contributed by atoms with van der Waals surface area (Å²) in [6, 6.07) is 2.10. The predicted octanol–water partition coefficient (Wildman–Crippen LogP) is 2.67. The zero-order chi connectivity index (χ0) is 14.0. The second kappa shape index (κ2) is 5.57. The Bertz CT molecular complexity index is 598. The smallest absolute Gasteiger partial charge is 0.239 e. The SMILES string of the molecule is CCNC(=O)Cn1c(C)cc(-c2csc(C)n2)c1C. The Morgan fingerprint density at radius 1 is 1.42 bits per heavy atom. The fourth-order valence-corrected chi connectivity index (χ4v) is 2.80. The van der Waals surface area contributed by atoms with Crippen LogP contribution in [0.1, 0.15) is 23.3 Å². The molecule has 0 aromatic carbocycles. The van der Waals surface area contributed by atoms with Crippen LogP contribution in [0, 0.1) is 20.8 Å². The molecule has 2 aromatic rings. The molecule has 0 saturated heterocycles. The second-order valence-corrected chi connectivity index (χ2v) is 5.64. The Morgan fingerprint density at radius 2 is 2.16 bits per heavy atom. The molecule has 0 unspecified atom stereocenters. The minimum Gasteiger partial charge on any atom is -0.355 e. The van der Waals surface area contributed by atoms with Crippen LogP contribution in [-0.2, 0) is 11.3 Å². The van der Waals surface area contributed by atoms with Gasteiger partial charge in [-0.25, -0.2) is 4.98 Å². The maximum atomic E-state index is 11.7. The van der Waals surface area contributed by atoms with Crippen LogP contribution < -0.4 is 5.32 Å². The van der Waals surface area contributed by atoms with Gasteiger partial charge in [0.25, 0.3) is 0 Å². The highest BCUT2D eigenvalue weighted by Crippen LogP contribution is 2.27. The molecule has 0 spiro atoms. The number of thiazole rings is 1. The van der Waals surface area contributed by atoms with E-state index < -0.39 is 0 Å². The summed E-state index contributed by atoms with van der Waals surface area (Å²) in [4.78, 5) is 16.2. The van der Waals surface area contributed by atoms with E-state index in [1.807, 2.05) is 32.3 Å². The molecule has 2 rings (SSSR count). The lowest BCUT2D eigenvalue weighted by Crippen LogP contribution is -2.27. The van der Waals surface area contributed by atoms with Crippen molar-refractivity contribution in [2.45, 2.75) is 34.2 Å². The van der Waals surface area contributed by atoms with E-state index in [-0.39, 0.29) is 5.91 Å². The Labute approximate surface area is 117 Å². The summed E-state index contributed by atoms with van der Waals surface area (Å²) in [6.45, 7) is 9.02. The number of amides is 1. The molecule has 5 heteroatoms. The van der Waals surface area contributed by atoms with Gasteiger partial charge in [0.05, 0.1) is 10.7 Å². The van der Waals surface area contributed by atoms with Gasteiger partial charge in [0.1, 0.15) is 6.54 Å². The quantitative estimate of drug-likeness (QED) is 0.934. The number of nitrogens with one attached hydrogen (secondary N) is 1. The minimum atomic E-state index is 0.0466. The van der Waals surface area contributed by atoms with Gasteiger partial charge in [-0.2, -0.15) is 0 Å². The Kier molecular flexibility index (Phi) is 4.04. The number of aryl methyl sites for hydroxylation is 2. The van der Waals surface area contributed by atoms with Crippen LogP contribution in [0.4, 0.5) is 0 Å². The van der Waals surface area contributed by atoms with Crippen molar-refractivity contribution in [2.24, 2.45) is 0 Å². The molecule has 0 saturated carbocycles. The van der Waals surface area contributed by atoms with E-state index in [1.165, 1.54) is 0 Å². The Morgan fingerprint density at radius 3 is 2.74 bits per heavy atom. The second-order valence-electron chi connectivity index (χ2n) is 4.58. The first-order chi connectivity index (χ1) is 9.02. The van der Waals surface area contributed by atoms with Gasteiger partial charge in [0.15, 0.2) is 0 Å². The third-order valence-electron chi connectivity index (χ3n) is 3.14. The van der Waals surface area contributed by atoms with Gasteiger partial charge < -0.3 is 9.88 Å². The summed E-state index contributed by atoms with van der Waals surface area (Å²) in [5.74, 6) is 0.0466. The van der Waals surface area contributed by atoms with E-state index in [9.17, 15) is 4.79 Å². The standard InChI is InChI=1S/C14H19N3OS/c1-5-15-14(18)7-17-9(2)6-12(10(17)3)13-8-19-11(4)16-13/h6,8H,5,7H2,1-4H3,(H,15,18). The molecule has 19 heavy (non-hydrogen) atoms. The molecule has 0 aliphatic rings. The summed E-state index contributed by atoms with van der Waals surface area (Å²) < 4.78 is 2.04. The van der Waals surface area contributed by atoms with E-state index in [4.69, 9.17) is 0 Å². The monoisotopic (exact) mass is 277 g/mol. The lowest BCUT2D eigenvalue weighted by molar-refractivity contribution is -0.121. The number of rotatable bonds is 4. The maximum Gasteiger partial charge on any atom is 0.239 e. The third kappa shape index (κ3) is 2.87. The number of nitrogens with zero attached hydrogens (tertiary/aromatic N) is 2. The zero-order valence-corrected chi connectivity index (χ0v) is 12.6. The molecule has 4 nitrogen and oxygen atoms in total. The van der Waals surface area contributed by atoms with Gasteiger partial charge in [0, 0.05) is 28.9 Å². The molecule has 0 bridgehead atoms. The number of carbonyl (C=O) groups excluding carboxylic acids is 1. The van der Waals surface area contributed by atoms with Crippen molar-refractivity contribution in [3.8, 4) is 11.3 Å². The Hall–Kier alpha value is -1.62. The molecule has 2 heterocycles. The first-order valence-electron chi connectivity index (χ1n) is 6.38. The number of hydrogen-bond donors (Lipinski definition) is 1. The van der Waals surface area contributed by atoms with Crippen LogP contribution in [0.15, 0.2) is 11.4 Å². The van der Waals surface area contributed by atoms with Crippen molar-refractivity contribution < 1.29 is 4.79 Å². The first-order valence-corrected chi connectivity index (χ1v) is 7.26. The number of carbonyl (C=O) groups is 1. The van der Waals surface area contributed by atoms with Crippen LogP contribution in [0.25, 0.3) is 11.3 Å². The highest BCUT2D eigenvalue weighted by molar-refractivity contribution is 7.09. The average molecular weight is 277 g/mol. The maximum absolute atomic E-state index is 11.7. The summed E-state index contributed by atoms with van der Waals surface area (Å²) in [5.41, 5.74) is 4.29. The molecule has 0 atom stereocenters. The van der Waals surface area contributed by atoms with Gasteiger partial charge in [-0.15, -0.1) is 11.3 Å². The fourth-order valence-electron chi connectivity index (χ4n) is 2.19. The number of aromatic nitrogens is 2. The molecule has 2 aromatic heterocycles. The number of likely N-dealkylation sites (N-methyl/N-ethyl adjacent to an activating group) is 1. The first kappa shape index (κ1) is 13.8. The van der Waals surface area contributed by atoms with E-state index in [0.717, 1.165) is 27.7 Å². The molecule has 0 radical (unpaired) electrons. The van der Waals surface area contributed by atoms with Crippen LogP contribution in [-0.4, -0.2) is 22.0 Å². The number of hydrogen-bond acceptors (Lipinski definition) is 3. The molecule has 0 aliphatic carbocycles. The van der Waals surface area contributed by atoms with E-state index in [2.05, 4.69) is 21.7 Å². The third-order valence-corrected chi connectivity index (χ3v) is 3.92. The normalized spacial score (nSPS) is 10.7. The van der Waals surface area contributed by atoms with Crippen molar-refractivity contribution in [1.29, 1.82) is 0 Å². The van der Waals surface area contributed by atoms with Gasteiger partial charge in [-0.05, 0) is 33.8 Å². The van der Waals surface area contributed by atoms with Crippen LogP contribution in [0.2, 0.25) is 0 Å². The van der Waals surface area contributed by atoms with Crippen LogP contribution in [0.5, 0.6) is 0 Å². The Balaban J connectivity index is 2.32. The van der Waals surface area contributed by atoms with Gasteiger partial charge in [-0.1, -0.05) is 0 Å². The van der Waals surface area contributed by atoms with Gasteiger partial charge in [-0.3, -0.25) is 4.79 Å².